The molecule has 1 atom stereocenters. The molecular formula is C11H15FN2O3S. The van der Waals surface area contributed by atoms with Crippen LogP contribution < -0.4 is 5.32 Å². The summed E-state index contributed by atoms with van der Waals surface area (Å²) in [6.07, 6.45) is 0. The smallest absolute Gasteiger partial charge is 0.274 e. The number of nitro benzene ring substituents is 1. The Labute approximate surface area is 107 Å². The van der Waals surface area contributed by atoms with Gasteiger partial charge in [-0.1, -0.05) is 6.92 Å². The molecule has 0 spiro atoms. The Hall–Kier alpha value is -1.34. The molecule has 100 valence electrons. The van der Waals surface area contributed by atoms with Gasteiger partial charge in [0.05, 0.1) is 4.92 Å². The molecule has 1 unspecified atom stereocenters. The molecule has 0 aliphatic heterocycles. The van der Waals surface area contributed by atoms with E-state index in [9.17, 15) is 18.7 Å². The highest BCUT2D eigenvalue weighted by Crippen LogP contribution is 2.19. The highest BCUT2D eigenvalue weighted by Gasteiger charge is 2.13. The van der Waals surface area contributed by atoms with Gasteiger partial charge < -0.3 is 5.32 Å². The van der Waals surface area contributed by atoms with Crippen molar-refractivity contribution in [1.82, 2.24) is 5.32 Å². The van der Waals surface area contributed by atoms with Crippen LogP contribution in [0.3, 0.4) is 0 Å². The van der Waals surface area contributed by atoms with Crippen molar-refractivity contribution in [2.45, 2.75) is 13.5 Å². The minimum atomic E-state index is -0.874. The van der Waals surface area contributed by atoms with Crippen molar-refractivity contribution in [3.05, 3.63) is 39.7 Å². The minimum Gasteiger partial charge on any atom is -0.311 e. The molecule has 1 N–H and O–H groups in total. The summed E-state index contributed by atoms with van der Waals surface area (Å²) in [5.74, 6) is 0.566. The van der Waals surface area contributed by atoms with Gasteiger partial charge in [-0.2, -0.15) is 0 Å². The van der Waals surface area contributed by atoms with Gasteiger partial charge in [-0.25, -0.2) is 4.39 Å². The van der Waals surface area contributed by atoms with Gasteiger partial charge in [-0.05, 0) is 12.1 Å². The third-order valence-electron chi connectivity index (χ3n) is 2.38. The van der Waals surface area contributed by atoms with Gasteiger partial charge in [-0.15, -0.1) is 0 Å². The second-order valence-electron chi connectivity index (χ2n) is 3.64. The van der Waals surface area contributed by atoms with Crippen LogP contribution in [0.25, 0.3) is 0 Å². The van der Waals surface area contributed by atoms with E-state index in [0.29, 0.717) is 23.6 Å². The van der Waals surface area contributed by atoms with Gasteiger partial charge in [0.15, 0.2) is 0 Å². The van der Waals surface area contributed by atoms with Crippen LogP contribution in [0.4, 0.5) is 10.1 Å². The molecule has 0 saturated carbocycles. The first-order valence-corrected chi connectivity index (χ1v) is 7.02. The number of halogens is 1. The zero-order chi connectivity index (χ0) is 13.5. The molecule has 7 heteroatoms. The molecule has 0 fully saturated rings. The van der Waals surface area contributed by atoms with E-state index >= 15 is 0 Å². The lowest BCUT2D eigenvalue weighted by Gasteiger charge is -2.05. The number of hydrogen-bond acceptors (Lipinski definition) is 4. The van der Waals surface area contributed by atoms with E-state index in [0.717, 1.165) is 18.2 Å². The lowest BCUT2D eigenvalue weighted by Crippen LogP contribution is -2.21. The second-order valence-corrected chi connectivity index (χ2v) is 5.50. The van der Waals surface area contributed by atoms with Crippen LogP contribution in [0.2, 0.25) is 0 Å². The average Bonchev–Trinajstić information content (AvgIpc) is 2.34. The topological polar surface area (TPSA) is 72.2 Å². The lowest BCUT2D eigenvalue weighted by molar-refractivity contribution is -0.385. The summed E-state index contributed by atoms with van der Waals surface area (Å²) in [6.45, 7) is 2.50. The van der Waals surface area contributed by atoms with Gasteiger partial charge >= 0.3 is 0 Å². The zero-order valence-corrected chi connectivity index (χ0v) is 10.8. The fourth-order valence-corrected chi connectivity index (χ4v) is 2.09. The van der Waals surface area contributed by atoms with E-state index in [4.69, 9.17) is 0 Å². The van der Waals surface area contributed by atoms with Gasteiger partial charge in [0.1, 0.15) is 5.82 Å². The van der Waals surface area contributed by atoms with Crippen LogP contribution in [-0.4, -0.2) is 27.2 Å². The summed E-state index contributed by atoms with van der Waals surface area (Å²) < 4.78 is 24.2. The molecule has 18 heavy (non-hydrogen) atoms. The molecule has 0 aliphatic rings. The van der Waals surface area contributed by atoms with E-state index in [2.05, 4.69) is 5.32 Å². The van der Waals surface area contributed by atoms with Gasteiger partial charge in [0.25, 0.3) is 5.69 Å². The molecule has 1 aromatic rings. The van der Waals surface area contributed by atoms with Gasteiger partial charge in [0.2, 0.25) is 0 Å². The van der Waals surface area contributed by atoms with Crippen LogP contribution in [0.5, 0.6) is 0 Å². The third kappa shape index (κ3) is 4.50. The first kappa shape index (κ1) is 14.7. The Bertz CT molecular complexity index is 454. The number of benzene rings is 1. The van der Waals surface area contributed by atoms with E-state index in [1.807, 2.05) is 6.92 Å². The third-order valence-corrected chi connectivity index (χ3v) is 3.69. The predicted molar refractivity (Wildman–Crippen MR) is 68.3 cm³/mol. The molecule has 1 rings (SSSR count). The number of nitrogens with one attached hydrogen (secondary N) is 1. The van der Waals surface area contributed by atoms with Crippen molar-refractivity contribution < 1.29 is 13.5 Å². The summed E-state index contributed by atoms with van der Waals surface area (Å²) in [5.41, 5.74) is 0.183. The summed E-state index contributed by atoms with van der Waals surface area (Å²) in [6, 6.07) is 3.35. The first-order chi connectivity index (χ1) is 8.54. The zero-order valence-electron chi connectivity index (χ0n) is 10.0. The minimum absolute atomic E-state index is 0.111. The molecule has 0 aliphatic carbocycles. The average molecular weight is 274 g/mol. The second kappa shape index (κ2) is 7.17. The normalized spacial score (nSPS) is 12.3. The van der Waals surface area contributed by atoms with Crippen LogP contribution in [-0.2, 0) is 17.3 Å². The Kier molecular flexibility index (Phi) is 5.87. The molecule has 5 nitrogen and oxygen atoms in total. The Balaban J connectivity index is 2.58. The van der Waals surface area contributed by atoms with Crippen molar-refractivity contribution in [3.63, 3.8) is 0 Å². The van der Waals surface area contributed by atoms with E-state index in [-0.39, 0.29) is 12.2 Å². The largest absolute Gasteiger partial charge is 0.311 e. The number of nitro groups is 1. The van der Waals surface area contributed by atoms with E-state index < -0.39 is 21.5 Å². The Morgan fingerprint density at radius 2 is 2.22 bits per heavy atom. The maximum Gasteiger partial charge on any atom is 0.274 e. The van der Waals surface area contributed by atoms with Gasteiger partial charge in [0, 0.05) is 47.0 Å². The highest BCUT2D eigenvalue weighted by atomic mass is 32.2. The monoisotopic (exact) mass is 274 g/mol. The predicted octanol–water partition coefficient (Wildman–Crippen LogP) is 1.59. The summed E-state index contributed by atoms with van der Waals surface area (Å²) in [4.78, 5) is 10.2. The Morgan fingerprint density at radius 1 is 1.50 bits per heavy atom. The molecular weight excluding hydrogens is 259 g/mol. The number of rotatable bonds is 7. The quantitative estimate of drug-likeness (QED) is 0.465. The maximum absolute atomic E-state index is 13.0. The van der Waals surface area contributed by atoms with E-state index in [1.165, 1.54) is 0 Å². The SMILES string of the molecule is CCS(=O)CCNCc1cc(F)ccc1[N+](=O)[O-]. The molecule has 0 aromatic heterocycles. The van der Waals surface area contributed by atoms with Crippen molar-refractivity contribution >= 4 is 16.5 Å². The molecule has 0 heterocycles. The van der Waals surface area contributed by atoms with Crippen molar-refractivity contribution in [2.24, 2.45) is 0 Å². The van der Waals surface area contributed by atoms with Crippen molar-refractivity contribution in [2.75, 3.05) is 18.1 Å². The fourth-order valence-electron chi connectivity index (χ4n) is 1.43. The van der Waals surface area contributed by atoms with Crippen LogP contribution in [0.15, 0.2) is 18.2 Å². The standard InChI is InChI=1S/C11H15FN2O3S/c1-2-18(17)6-5-13-8-9-7-10(12)3-4-11(9)14(15)16/h3-4,7,13H,2,5-6,8H2,1H3. The molecule has 0 amide bonds. The molecule has 0 radical (unpaired) electrons. The number of nitrogens with zero attached hydrogens (tertiary/aromatic N) is 1. The molecule has 0 bridgehead atoms. The maximum atomic E-state index is 13.0. The van der Waals surface area contributed by atoms with Crippen LogP contribution >= 0.6 is 0 Å². The number of hydrogen-bond donors (Lipinski definition) is 1. The van der Waals surface area contributed by atoms with Crippen LogP contribution in [0.1, 0.15) is 12.5 Å². The Morgan fingerprint density at radius 3 is 2.83 bits per heavy atom. The van der Waals surface area contributed by atoms with Crippen molar-refractivity contribution in [3.8, 4) is 0 Å². The lowest BCUT2D eigenvalue weighted by atomic mass is 10.2. The first-order valence-electron chi connectivity index (χ1n) is 5.53. The van der Waals surface area contributed by atoms with Gasteiger partial charge in [-0.3, -0.25) is 14.3 Å². The van der Waals surface area contributed by atoms with Crippen molar-refractivity contribution in [1.29, 1.82) is 0 Å². The van der Waals surface area contributed by atoms with E-state index in [1.54, 1.807) is 0 Å². The fraction of sp³-hybridized carbons (Fsp3) is 0.455. The van der Waals surface area contributed by atoms with Crippen LogP contribution in [0, 0.1) is 15.9 Å². The highest BCUT2D eigenvalue weighted by molar-refractivity contribution is 7.84. The summed E-state index contributed by atoms with van der Waals surface area (Å²) in [5, 5.41) is 13.7. The molecule has 0 saturated heterocycles. The summed E-state index contributed by atoms with van der Waals surface area (Å²) >= 11 is 0. The summed E-state index contributed by atoms with van der Waals surface area (Å²) in [7, 11) is -0.874. The molecule has 1 aromatic carbocycles.